The van der Waals surface area contributed by atoms with Crippen LogP contribution in [0.5, 0.6) is 0 Å². The molecule has 3 aromatic carbocycles. The van der Waals surface area contributed by atoms with Gasteiger partial charge in [0.15, 0.2) is 0 Å². The van der Waals surface area contributed by atoms with Crippen LogP contribution in [0.3, 0.4) is 0 Å². The highest BCUT2D eigenvalue weighted by atomic mass is 32.2. The van der Waals surface area contributed by atoms with Crippen LogP contribution in [0.15, 0.2) is 91.1 Å². The number of H-pyrrole nitrogens is 1. The van der Waals surface area contributed by atoms with E-state index in [4.69, 9.17) is 9.90 Å². The van der Waals surface area contributed by atoms with Gasteiger partial charge in [0.25, 0.3) is 0 Å². The van der Waals surface area contributed by atoms with Gasteiger partial charge in [0.1, 0.15) is 21.9 Å². The molecule has 4 amide bonds. The van der Waals surface area contributed by atoms with E-state index in [1.54, 1.807) is 6.20 Å². The van der Waals surface area contributed by atoms with Crippen molar-refractivity contribution in [2.24, 2.45) is 0 Å². The maximum absolute atomic E-state index is 14.2. The summed E-state index contributed by atoms with van der Waals surface area (Å²) in [7, 11) is -3.26. The minimum absolute atomic E-state index is 0.0760. The summed E-state index contributed by atoms with van der Waals surface area (Å²) >= 11 is 0. The van der Waals surface area contributed by atoms with E-state index in [1.165, 1.54) is 6.26 Å². The summed E-state index contributed by atoms with van der Waals surface area (Å²) in [5.41, 5.74) is 3.48. The molecule has 0 radical (unpaired) electrons. The topological polar surface area (TPSA) is 207 Å². The van der Waals surface area contributed by atoms with Crippen LogP contribution in [0.1, 0.15) is 36.0 Å². The minimum atomic E-state index is -5.08. The summed E-state index contributed by atoms with van der Waals surface area (Å²) in [5.74, 6) is -4.61. The number of carboxylic acid groups (broad SMARTS) is 1. The molecular weight excluding hydrogens is 794 g/mol. The van der Waals surface area contributed by atoms with Gasteiger partial charge in [-0.05, 0) is 42.0 Å². The number of nitrogens with zero attached hydrogens (tertiary/aromatic N) is 1. The number of piperidine rings is 1. The van der Waals surface area contributed by atoms with Crippen LogP contribution < -0.4 is 21.3 Å². The molecule has 0 aliphatic carbocycles. The van der Waals surface area contributed by atoms with E-state index < -0.39 is 75.0 Å². The molecule has 4 aromatic rings. The predicted molar refractivity (Wildman–Crippen MR) is 213 cm³/mol. The van der Waals surface area contributed by atoms with Crippen LogP contribution in [0.25, 0.3) is 10.9 Å². The maximum atomic E-state index is 14.2. The fourth-order valence-electron chi connectivity index (χ4n) is 7.21. The van der Waals surface area contributed by atoms with E-state index in [9.17, 15) is 40.8 Å². The van der Waals surface area contributed by atoms with E-state index in [2.05, 4.69) is 26.3 Å². The zero-order valence-electron chi connectivity index (χ0n) is 32.2. The zero-order valence-corrected chi connectivity index (χ0v) is 33.0. The number of carbonyl (C=O) groups excluding carboxylic acids is 4. The molecule has 6 rings (SSSR count). The first-order chi connectivity index (χ1) is 28.0. The average molecular weight is 841 g/mol. The molecule has 0 bridgehead atoms. The summed E-state index contributed by atoms with van der Waals surface area (Å²) in [5, 5.41) is 19.4. The van der Waals surface area contributed by atoms with Crippen LogP contribution in [-0.4, -0.2) is 114 Å². The Labute approximate surface area is 339 Å². The molecule has 59 heavy (non-hydrogen) atoms. The minimum Gasteiger partial charge on any atom is -0.475 e. The number of hydrogen-bond donors (Lipinski definition) is 6. The Kier molecular flexibility index (Phi) is 14.9. The van der Waals surface area contributed by atoms with Gasteiger partial charge in [-0.15, -0.1) is 0 Å². The number of sulfone groups is 1. The molecule has 0 saturated carbocycles. The first-order valence-corrected chi connectivity index (χ1v) is 21.0. The van der Waals surface area contributed by atoms with Crippen LogP contribution in [-0.2, 0) is 53.1 Å². The van der Waals surface area contributed by atoms with E-state index in [0.717, 1.165) is 27.6 Å². The molecule has 0 unspecified atom stereocenters. The predicted octanol–water partition coefficient (Wildman–Crippen LogP) is 2.68. The first-order valence-electron chi connectivity index (χ1n) is 19.0. The van der Waals surface area contributed by atoms with Crippen molar-refractivity contribution in [3.05, 3.63) is 108 Å². The Bertz CT molecular complexity index is 2200. The largest absolute Gasteiger partial charge is 0.490 e. The molecule has 2 aliphatic rings. The number of amides is 4. The number of para-hydroxylation sites is 1. The van der Waals surface area contributed by atoms with E-state index in [-0.39, 0.29) is 25.8 Å². The number of carbonyl (C=O) groups is 5. The highest BCUT2D eigenvalue weighted by Gasteiger charge is 2.39. The molecule has 316 valence electrons. The highest BCUT2D eigenvalue weighted by Crippen LogP contribution is 2.22. The fourth-order valence-corrected chi connectivity index (χ4v) is 8.28. The lowest BCUT2D eigenvalue weighted by Crippen LogP contribution is -2.60. The van der Waals surface area contributed by atoms with Gasteiger partial charge in [-0.3, -0.25) is 24.1 Å². The summed E-state index contributed by atoms with van der Waals surface area (Å²) in [6.45, 7) is 0.702. The molecule has 2 saturated heterocycles. The van der Waals surface area contributed by atoms with Crippen LogP contribution in [0.2, 0.25) is 0 Å². The Balaban J connectivity index is 0.000000867. The summed E-state index contributed by atoms with van der Waals surface area (Å²) in [4.78, 5) is 70.2. The van der Waals surface area contributed by atoms with Crippen LogP contribution in [0.4, 0.5) is 13.2 Å². The lowest BCUT2D eigenvalue weighted by molar-refractivity contribution is -0.192. The number of aliphatic carboxylic acids is 1. The highest BCUT2D eigenvalue weighted by molar-refractivity contribution is 7.91. The van der Waals surface area contributed by atoms with Gasteiger partial charge in [0.2, 0.25) is 23.6 Å². The number of carboxylic acids is 1. The van der Waals surface area contributed by atoms with E-state index >= 15 is 0 Å². The molecule has 2 aliphatic heterocycles. The molecule has 2 fully saturated rings. The van der Waals surface area contributed by atoms with Gasteiger partial charge >= 0.3 is 12.1 Å². The monoisotopic (exact) mass is 840 g/mol. The van der Waals surface area contributed by atoms with Crippen molar-refractivity contribution in [2.45, 2.75) is 74.1 Å². The van der Waals surface area contributed by atoms with Gasteiger partial charge in [-0.2, -0.15) is 13.2 Å². The number of hydrogen-bond acceptors (Lipinski definition) is 8. The third kappa shape index (κ3) is 12.9. The summed E-state index contributed by atoms with van der Waals surface area (Å²) < 4.78 is 56.3. The summed E-state index contributed by atoms with van der Waals surface area (Å²) in [6, 6.07) is 23.1. The SMILES string of the molecule is CS(=O)(=O)C1CCN([C@@H]2CC(=O)N[C@@H](Cc3c[nH]c4ccccc34)C(=O)N[C@@H](Cc3ccccc3)C(=O)N[C@H](Cc3ccccc3)CNC2=O)CC1.O=C(O)C(F)(F)F. The van der Waals surface area contributed by atoms with E-state index in [1.807, 2.05) is 89.8 Å². The number of fused-ring (bicyclic) bond motifs is 1. The van der Waals surface area contributed by atoms with Crippen molar-refractivity contribution >= 4 is 50.3 Å². The molecule has 18 heteroatoms. The fraction of sp³-hybridized carbons (Fsp3) is 0.390. The number of aromatic nitrogens is 1. The second-order valence-corrected chi connectivity index (χ2v) is 17.0. The Morgan fingerprint density at radius 2 is 1.31 bits per heavy atom. The second kappa shape index (κ2) is 19.8. The quantitative estimate of drug-likeness (QED) is 0.154. The van der Waals surface area contributed by atoms with Crippen molar-refractivity contribution in [1.29, 1.82) is 0 Å². The van der Waals surface area contributed by atoms with Crippen molar-refractivity contribution < 1.29 is 50.7 Å². The van der Waals surface area contributed by atoms with Crippen LogP contribution >= 0.6 is 0 Å². The zero-order chi connectivity index (χ0) is 42.7. The second-order valence-electron chi connectivity index (χ2n) is 14.7. The number of rotatable bonds is 8. The van der Waals surface area contributed by atoms with Gasteiger partial charge < -0.3 is 31.4 Å². The standard InChI is InChI=1S/C39H46N6O6S.C2HF3O2/c1-52(50,51)30-16-18-45(19-17-30)35-23-36(46)43-34(22-28-24-40-32-15-9-8-14-31(28)32)38(48)44-33(21-27-12-6-3-7-13-27)37(47)42-29(25-41-39(35)49)20-26-10-4-2-5-11-26;3-2(4,5)1(6)7/h2-15,24,29-30,33-35,40H,16-23,25H2,1H3,(H,41,49)(H,42,47)(H,43,46)(H,44,48);(H,6,7)/t29-,33+,34+,35-;/m1./s1. The van der Waals surface area contributed by atoms with E-state index in [0.29, 0.717) is 32.4 Å². The van der Waals surface area contributed by atoms with Gasteiger partial charge in [-0.25, -0.2) is 13.2 Å². The molecule has 3 heterocycles. The average Bonchev–Trinajstić information content (AvgIpc) is 3.61. The molecule has 0 spiro atoms. The number of halogens is 3. The number of benzene rings is 3. The Hall–Kier alpha value is -5.75. The van der Waals surface area contributed by atoms with Crippen molar-refractivity contribution in [3.8, 4) is 0 Å². The Morgan fingerprint density at radius 1 is 0.763 bits per heavy atom. The normalized spacial score (nSPS) is 21.8. The van der Waals surface area contributed by atoms with Gasteiger partial charge in [0.05, 0.1) is 23.8 Å². The number of nitrogens with one attached hydrogen (secondary N) is 5. The van der Waals surface area contributed by atoms with Crippen LogP contribution in [0, 0.1) is 0 Å². The molecule has 4 atom stereocenters. The first kappa shape index (κ1) is 44.4. The lowest BCUT2D eigenvalue weighted by Gasteiger charge is -2.36. The Morgan fingerprint density at radius 3 is 1.90 bits per heavy atom. The smallest absolute Gasteiger partial charge is 0.475 e. The van der Waals surface area contributed by atoms with Crippen molar-refractivity contribution in [3.63, 3.8) is 0 Å². The number of aromatic amines is 1. The lowest BCUT2D eigenvalue weighted by atomic mass is 9.99. The molecular formula is C41H47F3N6O8S. The van der Waals surface area contributed by atoms with Crippen molar-refractivity contribution in [2.75, 3.05) is 25.9 Å². The van der Waals surface area contributed by atoms with Crippen molar-refractivity contribution in [1.82, 2.24) is 31.2 Å². The number of likely N-dealkylation sites (tertiary alicyclic amines) is 1. The molecule has 1 aromatic heterocycles. The summed E-state index contributed by atoms with van der Waals surface area (Å²) in [6.07, 6.45) is -0.865. The van der Waals surface area contributed by atoms with Gasteiger partial charge in [0, 0.05) is 55.8 Å². The molecule has 14 nitrogen and oxygen atoms in total. The third-order valence-corrected chi connectivity index (χ3v) is 12.0. The number of alkyl halides is 3. The van der Waals surface area contributed by atoms with Gasteiger partial charge in [-0.1, -0.05) is 78.9 Å². The third-order valence-electron chi connectivity index (χ3n) is 10.3. The molecule has 6 N–H and O–H groups in total. The maximum Gasteiger partial charge on any atom is 0.490 e.